The van der Waals surface area contributed by atoms with Crippen LogP contribution in [0.3, 0.4) is 0 Å². The van der Waals surface area contributed by atoms with Crippen molar-refractivity contribution in [3.63, 3.8) is 0 Å². The topological polar surface area (TPSA) is 108 Å². The summed E-state index contributed by atoms with van der Waals surface area (Å²) < 4.78 is 28.7. The van der Waals surface area contributed by atoms with Gasteiger partial charge in [-0.15, -0.1) is 0 Å². The monoisotopic (exact) mass is 554 g/mol. The summed E-state index contributed by atoms with van der Waals surface area (Å²) in [5.41, 5.74) is 4.92. The number of hydrogen-bond donors (Lipinski definition) is 1. The number of methoxy groups -OCH3 is 2. The Kier molecular flexibility index (Phi) is 7.57. The molecule has 1 aliphatic carbocycles. The van der Waals surface area contributed by atoms with Gasteiger partial charge in [-0.25, -0.2) is 4.79 Å². The predicted octanol–water partition coefficient (Wildman–Crippen LogP) is 5.02. The molecule has 0 saturated carbocycles. The van der Waals surface area contributed by atoms with Crippen LogP contribution in [-0.2, 0) is 9.53 Å². The first-order valence-corrected chi connectivity index (χ1v) is 13.1. The maximum atomic E-state index is 13.2. The van der Waals surface area contributed by atoms with Gasteiger partial charge in [0.15, 0.2) is 11.2 Å². The van der Waals surface area contributed by atoms with E-state index in [-0.39, 0.29) is 17.8 Å². The highest BCUT2D eigenvalue weighted by Gasteiger charge is 2.36. The SMILES string of the molecule is CCOC(=O)C1=C(C)C=c2oc(=Cc3ccc(-c4ccc(C=O)cc4C)o3)c(O)c2C1c1cc(OC)ccc1OC. The van der Waals surface area contributed by atoms with E-state index in [4.69, 9.17) is 23.0 Å². The molecular formula is C33H30O8. The number of aryl methyl sites for hydroxylation is 1. The fourth-order valence-corrected chi connectivity index (χ4v) is 5.21. The molecule has 0 radical (unpaired) electrons. The van der Waals surface area contributed by atoms with Crippen LogP contribution in [0.25, 0.3) is 23.5 Å². The van der Waals surface area contributed by atoms with Gasteiger partial charge in [-0.05, 0) is 74.4 Å². The molecule has 0 bridgehead atoms. The molecule has 8 nitrogen and oxygen atoms in total. The van der Waals surface area contributed by atoms with E-state index in [1.165, 1.54) is 0 Å². The molecular weight excluding hydrogens is 524 g/mol. The van der Waals surface area contributed by atoms with Gasteiger partial charge in [0.1, 0.15) is 34.7 Å². The Morgan fingerprint density at radius 3 is 2.51 bits per heavy atom. The zero-order chi connectivity index (χ0) is 29.3. The van der Waals surface area contributed by atoms with Gasteiger partial charge in [0.25, 0.3) is 0 Å². The molecule has 1 unspecified atom stereocenters. The average Bonchev–Trinajstić information content (AvgIpc) is 3.55. The summed E-state index contributed by atoms with van der Waals surface area (Å²) in [4.78, 5) is 24.4. The number of hydrogen-bond acceptors (Lipinski definition) is 8. The van der Waals surface area contributed by atoms with E-state index < -0.39 is 11.9 Å². The van der Waals surface area contributed by atoms with E-state index in [0.29, 0.717) is 56.3 Å². The number of fused-ring (bicyclic) bond motifs is 1. The van der Waals surface area contributed by atoms with Crippen molar-refractivity contribution in [2.45, 2.75) is 26.7 Å². The largest absolute Gasteiger partial charge is 0.504 e. The van der Waals surface area contributed by atoms with Gasteiger partial charge >= 0.3 is 5.97 Å². The van der Waals surface area contributed by atoms with E-state index in [1.54, 1.807) is 76.6 Å². The number of furan rings is 2. The first-order valence-electron chi connectivity index (χ1n) is 13.1. The molecule has 8 heteroatoms. The lowest BCUT2D eigenvalue weighted by Gasteiger charge is -2.25. The Morgan fingerprint density at radius 2 is 1.83 bits per heavy atom. The molecule has 1 N–H and O–H groups in total. The third-order valence-electron chi connectivity index (χ3n) is 7.12. The first-order chi connectivity index (χ1) is 19.8. The van der Waals surface area contributed by atoms with E-state index in [9.17, 15) is 14.7 Å². The molecule has 210 valence electrons. The van der Waals surface area contributed by atoms with Gasteiger partial charge < -0.3 is 28.2 Å². The normalized spacial score (nSPS) is 14.9. The second-order valence-corrected chi connectivity index (χ2v) is 9.63. The lowest BCUT2D eigenvalue weighted by molar-refractivity contribution is -0.138. The zero-order valence-electron chi connectivity index (χ0n) is 23.4. The third-order valence-corrected chi connectivity index (χ3v) is 7.12. The number of allylic oxidation sites excluding steroid dienone is 1. The van der Waals surface area contributed by atoms with Gasteiger partial charge in [0.05, 0.1) is 37.9 Å². The molecule has 0 spiro atoms. The highest BCUT2D eigenvalue weighted by atomic mass is 16.5. The molecule has 2 aromatic heterocycles. The summed E-state index contributed by atoms with van der Waals surface area (Å²) in [6, 6.07) is 14.2. The average molecular weight is 555 g/mol. The molecule has 41 heavy (non-hydrogen) atoms. The number of esters is 1. The lowest BCUT2D eigenvalue weighted by atomic mass is 9.79. The molecule has 1 aliphatic rings. The van der Waals surface area contributed by atoms with E-state index in [1.807, 2.05) is 19.1 Å². The third kappa shape index (κ3) is 5.04. The number of aldehydes is 1. The Morgan fingerprint density at radius 1 is 1.02 bits per heavy atom. The van der Waals surface area contributed by atoms with Crippen LogP contribution in [-0.4, -0.2) is 38.2 Å². The van der Waals surface area contributed by atoms with Crippen molar-refractivity contribution in [3.05, 3.63) is 98.5 Å². The Balaban J connectivity index is 1.66. The number of carbonyl (C=O) groups excluding carboxylic acids is 2. The van der Waals surface area contributed by atoms with E-state index in [2.05, 4.69) is 0 Å². The van der Waals surface area contributed by atoms with Crippen LogP contribution in [0.15, 0.2) is 68.5 Å². The summed E-state index contributed by atoms with van der Waals surface area (Å²) in [6.45, 7) is 5.64. The maximum absolute atomic E-state index is 13.2. The van der Waals surface area contributed by atoms with Crippen molar-refractivity contribution in [3.8, 4) is 28.6 Å². The van der Waals surface area contributed by atoms with Crippen molar-refractivity contribution in [2.24, 2.45) is 0 Å². The number of benzene rings is 2. The molecule has 5 rings (SSSR count). The predicted molar refractivity (Wildman–Crippen MR) is 153 cm³/mol. The standard InChI is InChI=1S/C33H30O8/c1-6-39-33(36)29-19(3)14-27-31(30(29)24-15-21(37-4)8-11-25(24)38-5)32(35)28(41-27)16-22-9-12-26(40-22)23-10-7-20(17-34)13-18(23)2/h7-17,30,35H,6H2,1-5H3. The lowest BCUT2D eigenvalue weighted by Crippen LogP contribution is -2.25. The quantitative estimate of drug-likeness (QED) is 0.239. The summed E-state index contributed by atoms with van der Waals surface area (Å²) in [7, 11) is 3.09. The maximum Gasteiger partial charge on any atom is 0.335 e. The molecule has 0 amide bonds. The Hall–Kier alpha value is -4.98. The second kappa shape index (κ2) is 11.3. The van der Waals surface area contributed by atoms with E-state index >= 15 is 0 Å². The van der Waals surface area contributed by atoms with Crippen molar-refractivity contribution in [1.29, 1.82) is 0 Å². The van der Waals surface area contributed by atoms with Gasteiger partial charge in [-0.2, -0.15) is 0 Å². The minimum atomic E-state index is -0.754. The Bertz CT molecular complexity index is 1800. The summed E-state index contributed by atoms with van der Waals surface area (Å²) >= 11 is 0. The van der Waals surface area contributed by atoms with Crippen molar-refractivity contribution < 1.29 is 37.7 Å². The highest BCUT2D eigenvalue weighted by molar-refractivity contribution is 5.95. The summed E-state index contributed by atoms with van der Waals surface area (Å²) in [5.74, 6) is 0.740. The molecule has 2 aromatic carbocycles. The highest BCUT2D eigenvalue weighted by Crippen LogP contribution is 2.43. The van der Waals surface area contributed by atoms with Crippen LogP contribution in [0.1, 0.15) is 52.6 Å². The zero-order valence-corrected chi connectivity index (χ0v) is 23.4. The van der Waals surface area contributed by atoms with Gasteiger partial charge in [-0.3, -0.25) is 4.79 Å². The second-order valence-electron chi connectivity index (χ2n) is 9.63. The van der Waals surface area contributed by atoms with Crippen LogP contribution in [0.4, 0.5) is 0 Å². The van der Waals surface area contributed by atoms with Crippen LogP contribution >= 0.6 is 0 Å². The number of rotatable bonds is 8. The molecule has 0 fully saturated rings. The van der Waals surface area contributed by atoms with Gasteiger partial charge in [0.2, 0.25) is 0 Å². The summed E-state index contributed by atoms with van der Waals surface area (Å²) in [6.07, 6.45) is 4.11. The fourth-order valence-electron chi connectivity index (χ4n) is 5.21. The van der Waals surface area contributed by atoms with Crippen molar-refractivity contribution in [1.82, 2.24) is 0 Å². The number of carbonyl (C=O) groups is 2. The minimum Gasteiger partial charge on any atom is -0.504 e. The molecule has 0 saturated heterocycles. The Labute approximate surface area is 236 Å². The fraction of sp³-hybridized carbons (Fsp3) is 0.212. The number of aromatic hydroxyl groups is 1. The van der Waals surface area contributed by atoms with Crippen LogP contribution in [0.5, 0.6) is 17.2 Å². The summed E-state index contributed by atoms with van der Waals surface area (Å²) in [5, 5.41) is 11.5. The van der Waals surface area contributed by atoms with Crippen LogP contribution in [0.2, 0.25) is 0 Å². The van der Waals surface area contributed by atoms with Crippen molar-refractivity contribution in [2.75, 3.05) is 20.8 Å². The molecule has 1 atom stereocenters. The minimum absolute atomic E-state index is 0.134. The van der Waals surface area contributed by atoms with Gasteiger partial charge in [0, 0.05) is 22.8 Å². The van der Waals surface area contributed by atoms with E-state index in [0.717, 1.165) is 17.4 Å². The van der Waals surface area contributed by atoms with Gasteiger partial charge in [-0.1, -0.05) is 12.1 Å². The molecule has 0 aliphatic heterocycles. The van der Waals surface area contributed by atoms with Crippen LogP contribution in [0, 0.1) is 6.92 Å². The van der Waals surface area contributed by atoms with Crippen LogP contribution < -0.4 is 20.3 Å². The first kappa shape index (κ1) is 27.6. The smallest absolute Gasteiger partial charge is 0.335 e. The molecule has 2 heterocycles. The van der Waals surface area contributed by atoms with Crippen molar-refractivity contribution >= 4 is 24.4 Å². The molecule has 4 aromatic rings. The number of ether oxygens (including phenoxy) is 3.